The van der Waals surface area contributed by atoms with Gasteiger partial charge in [-0.05, 0) is 24.2 Å². The first-order valence-electron chi connectivity index (χ1n) is 7.29. The lowest BCUT2D eigenvalue weighted by Crippen LogP contribution is -2.31. The average molecular weight is 275 g/mol. The molecule has 0 fully saturated rings. The lowest BCUT2D eigenvalue weighted by Gasteiger charge is -2.31. The zero-order chi connectivity index (χ0) is 14.2. The van der Waals surface area contributed by atoms with Crippen LogP contribution in [-0.4, -0.2) is 28.5 Å². The van der Waals surface area contributed by atoms with Crippen LogP contribution in [0.4, 0.5) is 0 Å². The van der Waals surface area contributed by atoms with Crippen molar-refractivity contribution in [2.75, 3.05) is 13.6 Å². The van der Waals surface area contributed by atoms with Gasteiger partial charge in [0, 0.05) is 24.7 Å². The average Bonchev–Trinajstić information content (AvgIpc) is 2.53. The number of likely N-dealkylation sites (N-methyl/N-ethyl adjacent to an activating group) is 1. The third-order valence-electron chi connectivity index (χ3n) is 4.18. The number of aromatic nitrogens is 2. The van der Waals surface area contributed by atoms with Gasteiger partial charge in [-0.3, -0.25) is 0 Å². The third kappa shape index (κ3) is 2.20. The Balaban J connectivity index is 1.84. The highest BCUT2D eigenvalue weighted by atomic mass is 15.1. The van der Waals surface area contributed by atoms with E-state index >= 15 is 0 Å². The number of hydrogen-bond acceptors (Lipinski definition) is 3. The minimum atomic E-state index is 0.254. The van der Waals surface area contributed by atoms with Crippen LogP contribution < -0.4 is 0 Å². The third-order valence-corrected chi connectivity index (χ3v) is 4.18. The molecule has 21 heavy (non-hydrogen) atoms. The lowest BCUT2D eigenvalue weighted by atomic mass is 9.89. The monoisotopic (exact) mass is 275 g/mol. The molecular formula is C18H17N3. The fourth-order valence-corrected chi connectivity index (χ4v) is 3.16. The van der Waals surface area contributed by atoms with Crippen molar-refractivity contribution in [2.24, 2.45) is 0 Å². The van der Waals surface area contributed by atoms with Crippen LogP contribution >= 0.6 is 0 Å². The first-order valence-corrected chi connectivity index (χ1v) is 7.29. The maximum absolute atomic E-state index is 4.79. The zero-order valence-electron chi connectivity index (χ0n) is 12.0. The molecule has 0 saturated carbocycles. The molecule has 0 saturated heterocycles. The van der Waals surface area contributed by atoms with Gasteiger partial charge >= 0.3 is 0 Å². The maximum atomic E-state index is 4.79. The Morgan fingerprint density at radius 2 is 1.86 bits per heavy atom. The SMILES string of the molecule is CN1Cc2ccccc2C(c2ncc3ccccc3n2)C1. The van der Waals surface area contributed by atoms with Crippen molar-refractivity contribution in [1.29, 1.82) is 0 Å². The van der Waals surface area contributed by atoms with Crippen LogP contribution in [0.1, 0.15) is 22.9 Å². The van der Waals surface area contributed by atoms with Crippen LogP contribution in [0.25, 0.3) is 10.9 Å². The zero-order valence-corrected chi connectivity index (χ0v) is 12.0. The molecule has 0 aliphatic carbocycles. The van der Waals surface area contributed by atoms with Crippen LogP contribution in [0, 0.1) is 0 Å². The van der Waals surface area contributed by atoms with Gasteiger partial charge in [0.25, 0.3) is 0 Å². The number of hydrogen-bond donors (Lipinski definition) is 0. The largest absolute Gasteiger partial charge is 0.301 e. The normalized spacial score (nSPS) is 18.6. The summed E-state index contributed by atoms with van der Waals surface area (Å²) < 4.78 is 0. The van der Waals surface area contributed by atoms with Gasteiger partial charge in [-0.25, -0.2) is 9.97 Å². The van der Waals surface area contributed by atoms with Crippen molar-refractivity contribution < 1.29 is 0 Å². The fraction of sp³-hybridized carbons (Fsp3) is 0.222. The van der Waals surface area contributed by atoms with Gasteiger partial charge in [0.2, 0.25) is 0 Å². The molecule has 0 radical (unpaired) electrons. The van der Waals surface area contributed by atoms with Crippen molar-refractivity contribution in [3.63, 3.8) is 0 Å². The van der Waals surface area contributed by atoms with Crippen molar-refractivity contribution >= 4 is 10.9 Å². The molecule has 1 aliphatic heterocycles. The molecule has 3 nitrogen and oxygen atoms in total. The minimum absolute atomic E-state index is 0.254. The number of rotatable bonds is 1. The Bertz CT molecular complexity index is 797. The molecule has 0 bridgehead atoms. The van der Waals surface area contributed by atoms with E-state index in [1.165, 1.54) is 11.1 Å². The summed E-state index contributed by atoms with van der Waals surface area (Å²) in [5, 5.41) is 1.10. The summed E-state index contributed by atoms with van der Waals surface area (Å²) in [6, 6.07) is 16.8. The van der Waals surface area contributed by atoms with Gasteiger partial charge in [-0.15, -0.1) is 0 Å². The molecule has 2 aromatic carbocycles. The topological polar surface area (TPSA) is 29.0 Å². The first-order chi connectivity index (χ1) is 10.3. The summed E-state index contributed by atoms with van der Waals surface area (Å²) in [6.07, 6.45) is 1.94. The summed E-state index contributed by atoms with van der Waals surface area (Å²) in [5.74, 6) is 1.18. The van der Waals surface area contributed by atoms with Gasteiger partial charge in [0.1, 0.15) is 5.82 Å². The molecule has 2 heterocycles. The van der Waals surface area contributed by atoms with E-state index in [1.807, 2.05) is 18.3 Å². The van der Waals surface area contributed by atoms with E-state index in [0.717, 1.165) is 29.8 Å². The molecule has 1 aromatic heterocycles. The highest BCUT2D eigenvalue weighted by Crippen LogP contribution is 2.31. The molecule has 1 unspecified atom stereocenters. The van der Waals surface area contributed by atoms with Crippen LogP contribution in [-0.2, 0) is 6.54 Å². The summed E-state index contributed by atoms with van der Waals surface area (Å²) in [5.41, 5.74) is 3.77. The molecular weight excluding hydrogens is 258 g/mol. The van der Waals surface area contributed by atoms with Gasteiger partial charge in [0.05, 0.1) is 11.4 Å². The van der Waals surface area contributed by atoms with Crippen LogP contribution in [0.3, 0.4) is 0 Å². The molecule has 0 amide bonds. The number of nitrogens with zero attached hydrogens (tertiary/aromatic N) is 3. The first kappa shape index (κ1) is 12.5. The van der Waals surface area contributed by atoms with E-state index in [4.69, 9.17) is 4.98 Å². The smallest absolute Gasteiger partial charge is 0.137 e. The van der Waals surface area contributed by atoms with Crippen LogP contribution in [0.15, 0.2) is 54.7 Å². The van der Waals surface area contributed by atoms with Crippen LogP contribution in [0.2, 0.25) is 0 Å². The second-order valence-corrected chi connectivity index (χ2v) is 5.74. The van der Waals surface area contributed by atoms with E-state index in [1.54, 1.807) is 0 Å². The van der Waals surface area contributed by atoms with Gasteiger partial charge < -0.3 is 4.90 Å². The van der Waals surface area contributed by atoms with Crippen molar-refractivity contribution in [3.05, 3.63) is 71.7 Å². The molecule has 3 heteroatoms. The summed E-state index contributed by atoms with van der Waals surface area (Å²) >= 11 is 0. The summed E-state index contributed by atoms with van der Waals surface area (Å²) in [7, 11) is 2.16. The van der Waals surface area contributed by atoms with Crippen molar-refractivity contribution in [3.8, 4) is 0 Å². The number of fused-ring (bicyclic) bond motifs is 2. The van der Waals surface area contributed by atoms with Crippen LogP contribution in [0.5, 0.6) is 0 Å². The molecule has 1 aliphatic rings. The van der Waals surface area contributed by atoms with Gasteiger partial charge in [-0.2, -0.15) is 0 Å². The van der Waals surface area contributed by atoms with E-state index in [2.05, 4.69) is 53.3 Å². The highest BCUT2D eigenvalue weighted by Gasteiger charge is 2.26. The standard InChI is InChI=1S/C18H17N3/c1-21-11-14-7-2-4-8-15(14)16(12-21)18-19-10-13-6-3-5-9-17(13)20-18/h2-10,16H,11-12H2,1H3. The molecule has 0 spiro atoms. The molecule has 4 rings (SSSR count). The van der Waals surface area contributed by atoms with E-state index in [9.17, 15) is 0 Å². The molecule has 104 valence electrons. The van der Waals surface area contributed by atoms with Crippen molar-refractivity contribution in [1.82, 2.24) is 14.9 Å². The Kier molecular flexibility index (Phi) is 2.93. The predicted molar refractivity (Wildman–Crippen MR) is 84.2 cm³/mol. The Morgan fingerprint density at radius 1 is 1.05 bits per heavy atom. The van der Waals surface area contributed by atoms with E-state index in [0.29, 0.717) is 0 Å². The Hall–Kier alpha value is -2.26. The Labute approximate surface area is 124 Å². The fourth-order valence-electron chi connectivity index (χ4n) is 3.16. The lowest BCUT2D eigenvalue weighted by molar-refractivity contribution is 0.291. The second kappa shape index (κ2) is 4.93. The number of para-hydroxylation sites is 1. The van der Waals surface area contributed by atoms with E-state index < -0.39 is 0 Å². The van der Waals surface area contributed by atoms with E-state index in [-0.39, 0.29) is 5.92 Å². The number of benzene rings is 2. The predicted octanol–water partition coefficient (Wildman–Crippen LogP) is 3.21. The quantitative estimate of drug-likeness (QED) is 0.683. The molecule has 1 atom stereocenters. The van der Waals surface area contributed by atoms with Crippen molar-refractivity contribution in [2.45, 2.75) is 12.5 Å². The Morgan fingerprint density at radius 3 is 2.81 bits per heavy atom. The van der Waals surface area contributed by atoms with Gasteiger partial charge in [0.15, 0.2) is 0 Å². The van der Waals surface area contributed by atoms with Gasteiger partial charge in [-0.1, -0.05) is 42.5 Å². The maximum Gasteiger partial charge on any atom is 0.137 e. The second-order valence-electron chi connectivity index (χ2n) is 5.74. The molecule has 3 aromatic rings. The highest BCUT2D eigenvalue weighted by molar-refractivity contribution is 5.77. The summed E-state index contributed by atoms with van der Waals surface area (Å²) in [4.78, 5) is 11.8. The summed E-state index contributed by atoms with van der Waals surface area (Å²) in [6.45, 7) is 1.97. The minimum Gasteiger partial charge on any atom is -0.301 e. The molecule has 0 N–H and O–H groups in total.